The average Bonchev–Trinajstić information content (AvgIpc) is 2.80. The lowest BCUT2D eigenvalue weighted by Gasteiger charge is -2.14. The van der Waals surface area contributed by atoms with Gasteiger partial charge in [0.2, 0.25) is 5.91 Å². The summed E-state index contributed by atoms with van der Waals surface area (Å²) in [6.45, 7) is -0.875. The van der Waals surface area contributed by atoms with Gasteiger partial charge in [0, 0.05) is 13.0 Å². The van der Waals surface area contributed by atoms with Crippen LogP contribution in [0.15, 0.2) is 36.4 Å². The van der Waals surface area contributed by atoms with Crippen LogP contribution < -0.4 is 16.4 Å². The zero-order chi connectivity index (χ0) is 25.1. The number of carbonyl (C=O) groups excluding carboxylic acids is 1. The zero-order valence-electron chi connectivity index (χ0n) is 18.7. The smallest absolute Gasteiger partial charge is 0.395 e. The van der Waals surface area contributed by atoms with E-state index >= 15 is 0 Å². The minimum absolute atomic E-state index is 0.0543. The predicted molar refractivity (Wildman–Crippen MR) is 121 cm³/mol. The van der Waals surface area contributed by atoms with Crippen molar-refractivity contribution in [3.63, 3.8) is 0 Å². The minimum atomic E-state index is -4.43. The van der Waals surface area contributed by atoms with Crippen molar-refractivity contribution in [1.29, 1.82) is 0 Å². The molecule has 0 aliphatic rings. The molecule has 0 aliphatic heterocycles. The van der Waals surface area contributed by atoms with Gasteiger partial charge in [0.25, 0.3) is 0 Å². The van der Waals surface area contributed by atoms with Crippen LogP contribution in [0.5, 0.6) is 0 Å². The molecular weight excluding hydrogens is 460 g/mol. The number of halogens is 6. The number of hydrogen-bond acceptors (Lipinski definition) is 3. The summed E-state index contributed by atoms with van der Waals surface area (Å²) in [5, 5.41) is 5.35. The number of unbranched alkanes of at least 4 members (excludes halogenated alkanes) is 4. The lowest BCUT2D eigenvalue weighted by molar-refractivity contribution is -0.137. The van der Waals surface area contributed by atoms with Crippen molar-refractivity contribution < 1.29 is 31.1 Å². The first-order valence-corrected chi connectivity index (χ1v) is 11.1. The summed E-state index contributed by atoms with van der Waals surface area (Å²) in [6, 6.07) is 7.34. The van der Waals surface area contributed by atoms with Crippen LogP contribution in [0.3, 0.4) is 0 Å². The van der Waals surface area contributed by atoms with Crippen LogP contribution in [-0.4, -0.2) is 18.8 Å². The topological polar surface area (TPSA) is 67.1 Å². The molecule has 1 atom stereocenters. The van der Waals surface area contributed by atoms with Gasteiger partial charge in [-0.1, -0.05) is 37.8 Å². The monoisotopic (exact) mass is 489 g/mol. The van der Waals surface area contributed by atoms with Gasteiger partial charge in [-0.05, 0) is 42.7 Å². The number of amides is 1. The molecule has 4 N–H and O–H groups in total. The van der Waals surface area contributed by atoms with Gasteiger partial charge in [-0.15, -0.1) is 0 Å². The molecule has 0 saturated carbocycles. The number of hydrogen-bond donors (Lipinski definition) is 3. The van der Waals surface area contributed by atoms with Gasteiger partial charge in [-0.2, -0.15) is 13.2 Å². The van der Waals surface area contributed by atoms with Crippen LogP contribution >= 0.6 is 0 Å². The quantitative estimate of drug-likeness (QED) is 0.161. The second kappa shape index (κ2) is 13.1. The van der Waals surface area contributed by atoms with Crippen molar-refractivity contribution in [2.75, 3.05) is 23.0 Å². The Hall–Kier alpha value is -2.91. The number of carbonyl (C=O) groups is 1. The highest BCUT2D eigenvalue weighted by Gasteiger charge is 2.29. The van der Waals surface area contributed by atoms with Crippen LogP contribution in [0.25, 0.3) is 0 Å². The molecule has 0 unspecified atom stereocenters. The van der Waals surface area contributed by atoms with Gasteiger partial charge >= 0.3 is 6.18 Å². The van der Waals surface area contributed by atoms with Crippen LogP contribution in [0, 0.1) is 5.82 Å². The minimum Gasteiger partial charge on any atom is -0.395 e. The van der Waals surface area contributed by atoms with E-state index in [1.807, 2.05) is 0 Å². The summed E-state index contributed by atoms with van der Waals surface area (Å²) in [7, 11) is 0. The molecule has 0 heterocycles. The number of anilines is 3. The van der Waals surface area contributed by atoms with Crippen LogP contribution in [0.4, 0.5) is 43.4 Å². The molecule has 0 bridgehead atoms. The van der Waals surface area contributed by atoms with Gasteiger partial charge in [0.1, 0.15) is 12.8 Å². The molecule has 2 rings (SSSR count). The van der Waals surface area contributed by atoms with Crippen molar-refractivity contribution in [2.45, 2.75) is 63.8 Å². The molecule has 188 valence electrons. The van der Waals surface area contributed by atoms with Crippen molar-refractivity contribution >= 4 is 23.0 Å². The molecule has 10 heteroatoms. The Morgan fingerprint density at radius 3 is 2.21 bits per heavy atom. The highest BCUT2D eigenvalue weighted by Crippen LogP contribution is 2.30. The number of nitrogen functional groups attached to an aromatic ring is 1. The second-order valence-corrected chi connectivity index (χ2v) is 8.04. The zero-order valence-corrected chi connectivity index (χ0v) is 18.7. The van der Waals surface area contributed by atoms with E-state index in [2.05, 4.69) is 10.6 Å². The van der Waals surface area contributed by atoms with Gasteiger partial charge < -0.3 is 16.4 Å². The molecule has 2 aromatic rings. The van der Waals surface area contributed by atoms with E-state index in [-0.39, 0.29) is 42.4 Å². The Morgan fingerprint density at radius 2 is 1.56 bits per heavy atom. The van der Waals surface area contributed by atoms with Crippen molar-refractivity contribution in [3.05, 3.63) is 53.3 Å². The standard InChI is InChI=1S/C24H29F6N3O/c25-14-18(26)6-4-2-1-3-5-7-21(34)33-20-13-12-19(22(27)23(20)31)32-15-16-8-10-17(11-9-16)24(28,29)30/h8-13,18,32H,1-7,14-15,31H2,(H,33,34)/t18-/m0/s1. The first kappa shape index (κ1) is 27.3. The van der Waals surface area contributed by atoms with Gasteiger partial charge in [-0.3, -0.25) is 4.79 Å². The van der Waals surface area contributed by atoms with E-state index < -0.39 is 30.4 Å². The van der Waals surface area contributed by atoms with E-state index in [0.717, 1.165) is 31.4 Å². The normalized spacial score (nSPS) is 12.4. The number of benzene rings is 2. The maximum atomic E-state index is 14.6. The lowest BCUT2D eigenvalue weighted by Crippen LogP contribution is -2.14. The van der Waals surface area contributed by atoms with Crippen LogP contribution in [0.1, 0.15) is 56.1 Å². The molecular formula is C24H29F6N3O. The van der Waals surface area contributed by atoms with Crippen LogP contribution in [0.2, 0.25) is 0 Å². The van der Waals surface area contributed by atoms with Crippen LogP contribution in [-0.2, 0) is 17.5 Å². The fourth-order valence-corrected chi connectivity index (χ4v) is 3.32. The number of alkyl halides is 5. The van der Waals surface area contributed by atoms with E-state index in [1.165, 1.54) is 24.3 Å². The fraction of sp³-hybridized carbons (Fsp3) is 0.458. The number of nitrogens with two attached hydrogens (primary N) is 1. The largest absolute Gasteiger partial charge is 0.416 e. The average molecular weight is 490 g/mol. The van der Waals surface area contributed by atoms with Crippen molar-refractivity contribution in [3.8, 4) is 0 Å². The highest BCUT2D eigenvalue weighted by molar-refractivity contribution is 5.94. The third-order valence-corrected chi connectivity index (χ3v) is 5.31. The molecule has 0 radical (unpaired) electrons. The molecule has 2 aromatic carbocycles. The second-order valence-electron chi connectivity index (χ2n) is 8.04. The Kier molecular flexibility index (Phi) is 10.5. The Morgan fingerprint density at radius 1 is 0.941 bits per heavy atom. The van der Waals surface area contributed by atoms with E-state index in [1.54, 1.807) is 0 Å². The fourth-order valence-electron chi connectivity index (χ4n) is 3.32. The molecule has 34 heavy (non-hydrogen) atoms. The lowest BCUT2D eigenvalue weighted by atomic mass is 10.1. The maximum Gasteiger partial charge on any atom is 0.416 e. The summed E-state index contributed by atoms with van der Waals surface area (Å²) < 4.78 is 77.3. The molecule has 4 nitrogen and oxygen atoms in total. The first-order valence-electron chi connectivity index (χ1n) is 11.1. The third kappa shape index (κ3) is 8.79. The number of rotatable bonds is 13. The van der Waals surface area contributed by atoms with Gasteiger partial charge in [0.15, 0.2) is 5.82 Å². The Balaban J connectivity index is 1.78. The maximum absolute atomic E-state index is 14.6. The van der Waals surface area contributed by atoms with E-state index in [0.29, 0.717) is 18.4 Å². The summed E-state index contributed by atoms with van der Waals surface area (Å²) >= 11 is 0. The summed E-state index contributed by atoms with van der Waals surface area (Å²) in [5.74, 6) is -1.10. The van der Waals surface area contributed by atoms with Crippen molar-refractivity contribution in [1.82, 2.24) is 0 Å². The molecule has 0 aliphatic carbocycles. The molecule has 0 saturated heterocycles. The molecule has 1 amide bonds. The highest BCUT2D eigenvalue weighted by atomic mass is 19.4. The van der Waals surface area contributed by atoms with E-state index in [9.17, 15) is 31.1 Å². The Bertz CT molecular complexity index is 918. The molecule has 0 fully saturated rings. The third-order valence-electron chi connectivity index (χ3n) is 5.31. The summed E-state index contributed by atoms with van der Waals surface area (Å²) in [6.07, 6.45) is -1.87. The first-order chi connectivity index (χ1) is 16.1. The summed E-state index contributed by atoms with van der Waals surface area (Å²) in [4.78, 5) is 12.1. The summed E-state index contributed by atoms with van der Waals surface area (Å²) in [5.41, 5.74) is 5.49. The van der Waals surface area contributed by atoms with E-state index in [4.69, 9.17) is 5.73 Å². The number of nitrogens with one attached hydrogen (secondary N) is 2. The molecule has 0 aromatic heterocycles. The van der Waals surface area contributed by atoms with Crippen molar-refractivity contribution in [2.24, 2.45) is 0 Å². The SMILES string of the molecule is Nc1c(NC(=O)CCCCCCC[C@H](F)CF)ccc(NCc2ccc(C(F)(F)F)cc2)c1F. The van der Waals surface area contributed by atoms with Gasteiger partial charge in [0.05, 0.1) is 22.6 Å². The van der Waals surface area contributed by atoms with Gasteiger partial charge in [-0.25, -0.2) is 13.2 Å². The molecule has 0 spiro atoms. The Labute approximate surface area is 194 Å². The predicted octanol–water partition coefficient (Wildman–Crippen LogP) is 7.02.